The van der Waals surface area contributed by atoms with Crippen LogP contribution in [0.2, 0.25) is 0 Å². The van der Waals surface area contributed by atoms with Crippen LogP contribution in [0.5, 0.6) is 0 Å². The lowest BCUT2D eigenvalue weighted by atomic mass is 9.95. The molecule has 6 nitrogen and oxygen atoms in total. The lowest BCUT2D eigenvalue weighted by Gasteiger charge is -2.24. The third-order valence-corrected chi connectivity index (χ3v) is 5.52. The van der Waals surface area contributed by atoms with Crippen molar-refractivity contribution in [1.82, 2.24) is 4.57 Å². The van der Waals surface area contributed by atoms with Crippen molar-refractivity contribution >= 4 is 23.4 Å². The number of furan rings is 1. The van der Waals surface area contributed by atoms with Crippen LogP contribution >= 0.6 is 11.3 Å². The molecule has 0 bridgehead atoms. The van der Waals surface area contributed by atoms with Crippen molar-refractivity contribution in [3.63, 3.8) is 0 Å². The van der Waals surface area contributed by atoms with Gasteiger partial charge < -0.3 is 9.15 Å². The highest BCUT2D eigenvalue weighted by atomic mass is 32.1. The van der Waals surface area contributed by atoms with Crippen molar-refractivity contribution in [2.45, 2.75) is 19.9 Å². The van der Waals surface area contributed by atoms with Crippen molar-refractivity contribution in [3.05, 3.63) is 90.8 Å². The van der Waals surface area contributed by atoms with E-state index in [9.17, 15) is 14.0 Å². The molecule has 0 N–H and O–H groups in total. The predicted molar refractivity (Wildman–Crippen MR) is 106 cm³/mol. The van der Waals surface area contributed by atoms with E-state index in [0.717, 1.165) is 11.3 Å². The summed E-state index contributed by atoms with van der Waals surface area (Å²) in [4.78, 5) is 30.7. The first kappa shape index (κ1) is 19.1. The van der Waals surface area contributed by atoms with Gasteiger partial charge in [-0.3, -0.25) is 9.36 Å². The van der Waals surface area contributed by atoms with Crippen molar-refractivity contribution in [1.29, 1.82) is 0 Å². The zero-order valence-electron chi connectivity index (χ0n) is 15.7. The standard InChI is InChI=1S/C21H17FN2O4S/c1-3-27-20(26)17-12(2)23-21-24(18(17)14-8-4-5-9-15(14)22)19(25)16(29-21)11-13-7-6-10-28-13/h4-11,18H,3H2,1-2H3/b16-11+/t18-/m0/s1. The Kier molecular flexibility index (Phi) is 5.02. The first-order valence-corrected chi connectivity index (χ1v) is 9.80. The van der Waals surface area contributed by atoms with Crippen molar-refractivity contribution in [3.8, 4) is 0 Å². The maximum Gasteiger partial charge on any atom is 0.338 e. The largest absolute Gasteiger partial charge is 0.465 e. The van der Waals surface area contributed by atoms with Gasteiger partial charge in [-0.25, -0.2) is 14.2 Å². The summed E-state index contributed by atoms with van der Waals surface area (Å²) >= 11 is 1.15. The minimum atomic E-state index is -0.967. The maximum atomic E-state index is 14.7. The molecule has 4 rings (SSSR count). The molecule has 0 saturated heterocycles. The SMILES string of the molecule is CCOC(=O)C1=C(C)N=c2s/c(=C/c3ccco3)c(=O)n2[C@H]1c1ccccc1F. The van der Waals surface area contributed by atoms with Gasteiger partial charge >= 0.3 is 5.97 Å². The van der Waals surface area contributed by atoms with E-state index in [2.05, 4.69) is 4.99 Å². The Morgan fingerprint density at radius 2 is 2.14 bits per heavy atom. The number of hydrogen-bond acceptors (Lipinski definition) is 6. The fraction of sp³-hybridized carbons (Fsp3) is 0.190. The molecule has 0 amide bonds. The molecule has 0 fully saturated rings. The summed E-state index contributed by atoms with van der Waals surface area (Å²) in [6, 6.07) is 8.55. The summed E-state index contributed by atoms with van der Waals surface area (Å²) in [5.41, 5.74) is 0.361. The summed E-state index contributed by atoms with van der Waals surface area (Å²) in [6.07, 6.45) is 3.11. The second kappa shape index (κ2) is 7.63. The molecule has 1 aliphatic heterocycles. The van der Waals surface area contributed by atoms with Crippen LogP contribution in [0.25, 0.3) is 6.08 Å². The maximum absolute atomic E-state index is 14.7. The van der Waals surface area contributed by atoms with Crippen LogP contribution in [0.15, 0.2) is 68.1 Å². The fourth-order valence-corrected chi connectivity index (χ4v) is 4.31. The van der Waals surface area contributed by atoms with Crippen LogP contribution in [0.1, 0.15) is 31.2 Å². The Labute approximate surface area is 168 Å². The number of allylic oxidation sites excluding steroid dienone is 1. The van der Waals surface area contributed by atoms with E-state index in [1.165, 1.54) is 16.9 Å². The number of thiazole rings is 1. The Morgan fingerprint density at radius 3 is 2.83 bits per heavy atom. The fourth-order valence-electron chi connectivity index (χ4n) is 3.29. The van der Waals surface area contributed by atoms with Gasteiger partial charge in [-0.2, -0.15) is 0 Å². The highest BCUT2D eigenvalue weighted by Gasteiger charge is 2.34. The number of hydrogen-bond donors (Lipinski definition) is 0. The van der Waals surface area contributed by atoms with E-state index < -0.39 is 17.8 Å². The van der Waals surface area contributed by atoms with E-state index in [1.807, 2.05) is 0 Å². The predicted octanol–water partition coefficient (Wildman–Crippen LogP) is 2.53. The van der Waals surface area contributed by atoms with Crippen molar-refractivity contribution in [2.24, 2.45) is 4.99 Å². The van der Waals surface area contributed by atoms with Gasteiger partial charge in [0.25, 0.3) is 5.56 Å². The van der Waals surface area contributed by atoms with E-state index in [-0.39, 0.29) is 23.3 Å². The number of aromatic nitrogens is 1. The molecule has 0 unspecified atom stereocenters. The minimum absolute atomic E-state index is 0.147. The van der Waals surface area contributed by atoms with E-state index in [4.69, 9.17) is 9.15 Å². The van der Waals surface area contributed by atoms with Crippen LogP contribution in [0.3, 0.4) is 0 Å². The highest BCUT2D eigenvalue weighted by Crippen LogP contribution is 2.32. The first-order chi connectivity index (χ1) is 14.0. The summed E-state index contributed by atoms with van der Waals surface area (Å²) in [7, 11) is 0. The number of benzene rings is 1. The van der Waals surface area contributed by atoms with Gasteiger partial charge in [0.15, 0.2) is 4.80 Å². The van der Waals surface area contributed by atoms with Gasteiger partial charge in [-0.05, 0) is 32.0 Å². The quantitative estimate of drug-likeness (QED) is 0.618. The summed E-state index contributed by atoms with van der Waals surface area (Å²) in [5.74, 6) is -0.629. The third-order valence-electron chi connectivity index (χ3n) is 4.53. The average molecular weight is 412 g/mol. The Morgan fingerprint density at radius 1 is 1.34 bits per heavy atom. The van der Waals surface area contributed by atoms with Crippen molar-refractivity contribution in [2.75, 3.05) is 6.61 Å². The van der Waals surface area contributed by atoms with Crippen LogP contribution in [0.4, 0.5) is 4.39 Å². The van der Waals surface area contributed by atoms with Gasteiger partial charge in [0.05, 0.1) is 28.7 Å². The normalized spacial score (nSPS) is 16.5. The number of esters is 1. The number of halogens is 1. The lowest BCUT2D eigenvalue weighted by molar-refractivity contribution is -0.139. The van der Waals surface area contributed by atoms with Crippen LogP contribution in [-0.4, -0.2) is 17.1 Å². The lowest BCUT2D eigenvalue weighted by Crippen LogP contribution is -2.40. The van der Waals surface area contributed by atoms with Crippen LogP contribution in [-0.2, 0) is 9.53 Å². The molecule has 1 aliphatic rings. The molecule has 148 valence electrons. The second-order valence-electron chi connectivity index (χ2n) is 6.34. The molecule has 8 heteroatoms. The summed E-state index contributed by atoms with van der Waals surface area (Å²) in [6.45, 7) is 3.50. The second-order valence-corrected chi connectivity index (χ2v) is 7.35. The molecule has 1 atom stereocenters. The number of nitrogens with zero attached hydrogens (tertiary/aromatic N) is 2. The number of carbonyl (C=O) groups excluding carboxylic acids is 1. The summed E-state index contributed by atoms with van der Waals surface area (Å²) < 4.78 is 26.9. The molecule has 2 aromatic heterocycles. The molecule has 1 aromatic carbocycles. The topological polar surface area (TPSA) is 73.8 Å². The van der Waals surface area contributed by atoms with Gasteiger partial charge in [0, 0.05) is 11.6 Å². The Bertz CT molecular complexity index is 1280. The van der Waals surface area contributed by atoms with Crippen LogP contribution in [0, 0.1) is 5.82 Å². The number of ether oxygens (including phenoxy) is 1. The highest BCUT2D eigenvalue weighted by molar-refractivity contribution is 7.07. The van der Waals surface area contributed by atoms with Gasteiger partial charge in [0.2, 0.25) is 0 Å². The number of fused-ring (bicyclic) bond motifs is 1. The average Bonchev–Trinajstić information content (AvgIpc) is 3.30. The molecule has 0 radical (unpaired) electrons. The molecular formula is C21H17FN2O4S. The van der Waals surface area contributed by atoms with E-state index in [1.54, 1.807) is 50.3 Å². The molecule has 0 saturated carbocycles. The van der Waals surface area contributed by atoms with Gasteiger partial charge in [-0.15, -0.1) is 0 Å². The van der Waals surface area contributed by atoms with Gasteiger partial charge in [-0.1, -0.05) is 29.5 Å². The Balaban J connectivity index is 2.00. The van der Waals surface area contributed by atoms with Crippen molar-refractivity contribution < 1.29 is 18.3 Å². The molecule has 0 aliphatic carbocycles. The van der Waals surface area contributed by atoms with E-state index in [0.29, 0.717) is 20.8 Å². The number of rotatable bonds is 4. The monoisotopic (exact) mass is 412 g/mol. The number of carbonyl (C=O) groups is 1. The van der Waals surface area contributed by atoms with E-state index >= 15 is 0 Å². The minimum Gasteiger partial charge on any atom is -0.465 e. The molecule has 3 aromatic rings. The molecule has 29 heavy (non-hydrogen) atoms. The van der Waals surface area contributed by atoms with Gasteiger partial charge in [0.1, 0.15) is 17.6 Å². The van der Waals surface area contributed by atoms with Crippen LogP contribution < -0.4 is 14.9 Å². The zero-order valence-corrected chi connectivity index (χ0v) is 16.5. The Hall–Kier alpha value is -3.26. The molecule has 0 spiro atoms. The summed E-state index contributed by atoms with van der Waals surface area (Å²) in [5, 5.41) is 0. The zero-order chi connectivity index (χ0) is 20.5. The first-order valence-electron chi connectivity index (χ1n) is 8.99. The molecular weight excluding hydrogens is 395 g/mol. The third kappa shape index (κ3) is 3.36. The molecule has 3 heterocycles. The smallest absolute Gasteiger partial charge is 0.338 e.